The number of likely N-dealkylation sites (N-methyl/N-ethyl adjacent to an activating group) is 1. The molecular weight excluding hydrogens is 276 g/mol. The van der Waals surface area contributed by atoms with Gasteiger partial charge in [0.2, 0.25) is 5.91 Å². The number of amidine groups is 1. The lowest BCUT2D eigenvalue weighted by molar-refractivity contribution is -0.117. The number of rotatable bonds is 2. The van der Waals surface area contributed by atoms with Crippen molar-refractivity contribution in [3.05, 3.63) is 29.8 Å². The fourth-order valence-corrected chi connectivity index (χ4v) is 3.10. The molecule has 1 aromatic rings. The van der Waals surface area contributed by atoms with Crippen LogP contribution in [0.2, 0.25) is 0 Å². The number of hydrogen-bond donors (Lipinski definition) is 0. The van der Waals surface area contributed by atoms with Crippen LogP contribution in [0.4, 0.5) is 5.69 Å². The Kier molecular flexibility index (Phi) is 4.43. The third-order valence-corrected chi connectivity index (χ3v) is 4.35. The molecule has 2 aliphatic heterocycles. The van der Waals surface area contributed by atoms with Gasteiger partial charge in [0.25, 0.3) is 0 Å². The van der Waals surface area contributed by atoms with E-state index in [4.69, 9.17) is 0 Å². The van der Waals surface area contributed by atoms with Crippen LogP contribution >= 0.6 is 0 Å². The summed E-state index contributed by atoms with van der Waals surface area (Å²) in [5.74, 6) is 1.08. The normalized spacial score (nSPS) is 19.7. The monoisotopic (exact) mass is 300 g/mol. The first kappa shape index (κ1) is 15.0. The minimum atomic E-state index is 0.0958. The molecular formula is C17H24N4O. The fraction of sp³-hybridized carbons (Fsp3) is 0.529. The molecule has 0 atom stereocenters. The maximum Gasteiger partial charge on any atom is 0.248 e. The Morgan fingerprint density at radius 1 is 1.14 bits per heavy atom. The summed E-state index contributed by atoms with van der Waals surface area (Å²) in [7, 11) is 2.15. The number of nitrogens with zero attached hydrogens (tertiary/aromatic N) is 4. The van der Waals surface area contributed by atoms with Gasteiger partial charge in [0.05, 0.1) is 5.69 Å². The van der Waals surface area contributed by atoms with Crippen molar-refractivity contribution in [3.8, 4) is 0 Å². The van der Waals surface area contributed by atoms with Crippen molar-refractivity contribution in [3.63, 3.8) is 0 Å². The van der Waals surface area contributed by atoms with Crippen molar-refractivity contribution in [2.75, 3.05) is 51.2 Å². The topological polar surface area (TPSA) is 39.2 Å². The number of fused-ring (bicyclic) bond motifs is 1. The van der Waals surface area contributed by atoms with Crippen molar-refractivity contribution < 1.29 is 4.79 Å². The third kappa shape index (κ3) is 2.86. The molecule has 0 spiro atoms. The predicted octanol–water partition coefficient (Wildman–Crippen LogP) is 1.44. The van der Waals surface area contributed by atoms with Gasteiger partial charge in [-0.25, -0.2) is 0 Å². The maximum absolute atomic E-state index is 12.4. The second-order valence-electron chi connectivity index (χ2n) is 5.99. The van der Waals surface area contributed by atoms with E-state index in [1.54, 1.807) is 0 Å². The SMILES string of the molecule is CCCN1C(=O)CN=C(N2CCN(C)CC2)c2ccccc21. The van der Waals surface area contributed by atoms with E-state index in [-0.39, 0.29) is 12.5 Å². The van der Waals surface area contributed by atoms with E-state index in [2.05, 4.69) is 34.8 Å². The highest BCUT2D eigenvalue weighted by Gasteiger charge is 2.27. The molecule has 2 aliphatic rings. The zero-order valence-corrected chi connectivity index (χ0v) is 13.5. The minimum Gasteiger partial charge on any atom is -0.354 e. The van der Waals surface area contributed by atoms with Gasteiger partial charge in [-0.1, -0.05) is 19.1 Å². The highest BCUT2D eigenvalue weighted by atomic mass is 16.2. The van der Waals surface area contributed by atoms with Crippen molar-refractivity contribution >= 4 is 17.4 Å². The Morgan fingerprint density at radius 2 is 1.86 bits per heavy atom. The van der Waals surface area contributed by atoms with Gasteiger partial charge in [-0.2, -0.15) is 0 Å². The molecule has 0 N–H and O–H groups in total. The largest absolute Gasteiger partial charge is 0.354 e. The Hall–Kier alpha value is -1.88. The second-order valence-corrected chi connectivity index (χ2v) is 5.99. The van der Waals surface area contributed by atoms with E-state index in [0.29, 0.717) is 0 Å². The fourth-order valence-electron chi connectivity index (χ4n) is 3.10. The lowest BCUT2D eigenvalue weighted by Crippen LogP contribution is -2.47. The Bertz CT molecular complexity index is 576. The van der Waals surface area contributed by atoms with Gasteiger partial charge >= 0.3 is 0 Å². The van der Waals surface area contributed by atoms with Crippen molar-refractivity contribution in [1.82, 2.24) is 9.80 Å². The summed E-state index contributed by atoms with van der Waals surface area (Å²) in [4.78, 5) is 23.6. The predicted molar refractivity (Wildman–Crippen MR) is 89.6 cm³/mol. The Labute approximate surface area is 132 Å². The standard InChI is InChI=1S/C17H24N4O/c1-3-8-21-15-7-5-4-6-14(15)17(18-13-16(21)22)20-11-9-19(2)10-12-20/h4-7H,3,8-13H2,1-2H3. The number of carbonyl (C=O) groups excluding carboxylic acids is 1. The van der Waals surface area contributed by atoms with Crippen LogP contribution in [0.5, 0.6) is 0 Å². The first-order valence-corrected chi connectivity index (χ1v) is 8.08. The van der Waals surface area contributed by atoms with Gasteiger partial charge < -0.3 is 14.7 Å². The van der Waals surface area contributed by atoms with Crippen molar-refractivity contribution in [1.29, 1.82) is 0 Å². The molecule has 0 aromatic heterocycles. The summed E-state index contributed by atoms with van der Waals surface area (Å²) in [6, 6.07) is 8.17. The zero-order valence-electron chi connectivity index (χ0n) is 13.5. The summed E-state index contributed by atoms with van der Waals surface area (Å²) in [5, 5.41) is 0. The molecule has 0 aliphatic carbocycles. The number of hydrogen-bond acceptors (Lipinski definition) is 4. The van der Waals surface area contributed by atoms with Crippen LogP contribution in [-0.2, 0) is 4.79 Å². The van der Waals surface area contributed by atoms with Gasteiger partial charge in [0.1, 0.15) is 12.4 Å². The van der Waals surface area contributed by atoms with E-state index in [1.807, 2.05) is 23.1 Å². The number of aliphatic imine (C=N–C) groups is 1. The van der Waals surface area contributed by atoms with Crippen molar-refractivity contribution in [2.45, 2.75) is 13.3 Å². The van der Waals surface area contributed by atoms with E-state index in [1.165, 1.54) is 0 Å². The van der Waals surface area contributed by atoms with E-state index < -0.39 is 0 Å². The van der Waals surface area contributed by atoms with Gasteiger partial charge in [-0.3, -0.25) is 9.79 Å². The number of amides is 1. The van der Waals surface area contributed by atoms with Crippen molar-refractivity contribution in [2.24, 2.45) is 4.99 Å². The molecule has 1 aromatic carbocycles. The number of benzene rings is 1. The van der Waals surface area contributed by atoms with E-state index in [9.17, 15) is 4.79 Å². The lowest BCUT2D eigenvalue weighted by Gasteiger charge is -2.35. The third-order valence-electron chi connectivity index (χ3n) is 4.35. The maximum atomic E-state index is 12.4. The molecule has 0 saturated carbocycles. The van der Waals surface area contributed by atoms with Gasteiger partial charge in [-0.15, -0.1) is 0 Å². The van der Waals surface area contributed by atoms with Gasteiger partial charge in [0, 0.05) is 38.3 Å². The number of anilines is 1. The smallest absolute Gasteiger partial charge is 0.248 e. The van der Waals surface area contributed by atoms with Crippen LogP contribution < -0.4 is 4.90 Å². The van der Waals surface area contributed by atoms with Gasteiger partial charge in [0.15, 0.2) is 0 Å². The molecule has 1 saturated heterocycles. The molecule has 0 radical (unpaired) electrons. The number of benzodiazepines with no additional fused rings is 1. The summed E-state index contributed by atoms with van der Waals surface area (Å²) in [6.07, 6.45) is 0.948. The highest BCUT2D eigenvalue weighted by molar-refractivity contribution is 6.10. The summed E-state index contributed by atoms with van der Waals surface area (Å²) in [5.41, 5.74) is 2.09. The number of carbonyl (C=O) groups is 1. The average Bonchev–Trinajstić information content (AvgIpc) is 2.67. The molecule has 5 nitrogen and oxygen atoms in total. The summed E-state index contributed by atoms with van der Waals surface area (Å²) < 4.78 is 0. The molecule has 2 heterocycles. The first-order valence-electron chi connectivity index (χ1n) is 8.08. The number of para-hydroxylation sites is 1. The first-order chi connectivity index (χ1) is 10.7. The van der Waals surface area contributed by atoms with E-state index >= 15 is 0 Å². The van der Waals surface area contributed by atoms with Crippen LogP contribution in [0.1, 0.15) is 18.9 Å². The van der Waals surface area contributed by atoms with Crippen LogP contribution in [-0.4, -0.2) is 67.9 Å². The highest BCUT2D eigenvalue weighted by Crippen LogP contribution is 2.26. The second kappa shape index (κ2) is 6.48. The average molecular weight is 300 g/mol. The van der Waals surface area contributed by atoms with Crippen LogP contribution in [0.3, 0.4) is 0 Å². The zero-order chi connectivity index (χ0) is 15.5. The van der Waals surface area contributed by atoms with E-state index in [0.717, 1.165) is 56.2 Å². The lowest BCUT2D eigenvalue weighted by atomic mass is 10.1. The quantitative estimate of drug-likeness (QED) is 0.829. The number of piperazine rings is 1. The Balaban J connectivity index is 1.96. The van der Waals surface area contributed by atoms with Crippen LogP contribution in [0.15, 0.2) is 29.3 Å². The molecule has 1 fully saturated rings. The molecule has 0 unspecified atom stereocenters. The molecule has 1 amide bonds. The Morgan fingerprint density at radius 3 is 2.59 bits per heavy atom. The molecule has 118 valence electrons. The summed E-state index contributed by atoms with van der Waals surface area (Å²) >= 11 is 0. The molecule has 3 rings (SSSR count). The molecule has 5 heteroatoms. The molecule has 22 heavy (non-hydrogen) atoms. The summed E-state index contributed by atoms with van der Waals surface area (Å²) in [6.45, 7) is 7.10. The van der Waals surface area contributed by atoms with Crippen LogP contribution in [0, 0.1) is 0 Å². The molecule has 0 bridgehead atoms. The van der Waals surface area contributed by atoms with Gasteiger partial charge in [-0.05, 0) is 25.6 Å². The minimum absolute atomic E-state index is 0.0958. The van der Waals surface area contributed by atoms with Crippen LogP contribution in [0.25, 0.3) is 0 Å².